The fraction of sp³-hybridized carbons (Fsp3) is 0.167. The number of ether oxygens (including phenoxy) is 1. The summed E-state index contributed by atoms with van der Waals surface area (Å²) in [7, 11) is 0. The number of nitrogens with zero attached hydrogens (tertiary/aromatic N) is 2. The van der Waals surface area contributed by atoms with Gasteiger partial charge >= 0.3 is 0 Å². The molecule has 0 bridgehead atoms. The van der Waals surface area contributed by atoms with Gasteiger partial charge in [0.15, 0.2) is 0 Å². The molecule has 5 nitrogen and oxygen atoms in total. The molecule has 146 valence electrons. The van der Waals surface area contributed by atoms with Gasteiger partial charge in [0, 0.05) is 37.3 Å². The molecule has 3 aromatic rings. The Morgan fingerprint density at radius 3 is 1.48 bits per heavy atom. The zero-order chi connectivity index (χ0) is 20.1. The Morgan fingerprint density at radius 2 is 0.966 bits per heavy atom. The Kier molecular flexibility index (Phi) is 5.56. The third-order valence-corrected chi connectivity index (χ3v) is 4.96. The zero-order valence-corrected chi connectivity index (χ0v) is 16.0. The van der Waals surface area contributed by atoms with Gasteiger partial charge in [-0.1, -0.05) is 36.4 Å². The van der Waals surface area contributed by atoms with Crippen molar-refractivity contribution in [3.63, 3.8) is 0 Å². The van der Waals surface area contributed by atoms with Crippen LogP contribution in [0.5, 0.6) is 11.5 Å². The predicted molar refractivity (Wildman–Crippen MR) is 111 cm³/mol. The lowest BCUT2D eigenvalue weighted by Crippen LogP contribution is -2.50. The minimum absolute atomic E-state index is 0.0140. The maximum Gasteiger partial charge on any atom is 0.253 e. The molecule has 0 atom stereocenters. The van der Waals surface area contributed by atoms with Gasteiger partial charge in [0.2, 0.25) is 0 Å². The zero-order valence-electron chi connectivity index (χ0n) is 16.0. The van der Waals surface area contributed by atoms with Gasteiger partial charge in [-0.25, -0.2) is 0 Å². The van der Waals surface area contributed by atoms with E-state index in [-0.39, 0.29) is 11.8 Å². The third kappa shape index (κ3) is 4.46. The van der Waals surface area contributed by atoms with E-state index in [9.17, 15) is 9.59 Å². The van der Waals surface area contributed by atoms with Crippen LogP contribution >= 0.6 is 0 Å². The number of benzene rings is 3. The van der Waals surface area contributed by atoms with Crippen molar-refractivity contribution in [2.75, 3.05) is 26.2 Å². The number of carbonyl (C=O) groups excluding carboxylic acids is 2. The third-order valence-electron chi connectivity index (χ3n) is 4.96. The van der Waals surface area contributed by atoms with Crippen molar-refractivity contribution >= 4 is 11.8 Å². The van der Waals surface area contributed by atoms with Crippen LogP contribution in [0.1, 0.15) is 20.7 Å². The predicted octanol–water partition coefficient (Wildman–Crippen LogP) is 4.08. The van der Waals surface area contributed by atoms with Gasteiger partial charge < -0.3 is 14.5 Å². The second-order valence-corrected chi connectivity index (χ2v) is 6.89. The van der Waals surface area contributed by atoms with E-state index in [2.05, 4.69) is 0 Å². The molecule has 1 fully saturated rings. The van der Waals surface area contributed by atoms with Crippen LogP contribution in [0.3, 0.4) is 0 Å². The van der Waals surface area contributed by atoms with Crippen molar-refractivity contribution in [1.29, 1.82) is 0 Å². The Bertz CT molecular complexity index is 964. The van der Waals surface area contributed by atoms with Crippen LogP contribution in [-0.2, 0) is 0 Å². The number of amides is 2. The number of hydrogen-bond donors (Lipinski definition) is 0. The average Bonchev–Trinajstić information content (AvgIpc) is 2.80. The maximum absolute atomic E-state index is 12.8. The van der Waals surface area contributed by atoms with Crippen LogP contribution in [0.2, 0.25) is 0 Å². The summed E-state index contributed by atoms with van der Waals surface area (Å²) in [4.78, 5) is 28.9. The van der Waals surface area contributed by atoms with Gasteiger partial charge in [0.1, 0.15) is 11.5 Å². The van der Waals surface area contributed by atoms with E-state index in [1.807, 2.05) is 60.7 Å². The molecule has 1 saturated heterocycles. The number of carbonyl (C=O) groups is 2. The molecular weight excluding hydrogens is 364 g/mol. The molecule has 0 unspecified atom stereocenters. The molecular formula is C24H22N2O3. The van der Waals surface area contributed by atoms with Gasteiger partial charge in [-0.05, 0) is 48.5 Å². The van der Waals surface area contributed by atoms with E-state index in [1.165, 1.54) is 0 Å². The normalized spacial score (nSPS) is 13.8. The molecule has 3 aromatic carbocycles. The average molecular weight is 386 g/mol. The van der Waals surface area contributed by atoms with Crippen molar-refractivity contribution in [1.82, 2.24) is 9.80 Å². The molecule has 4 rings (SSSR count). The van der Waals surface area contributed by atoms with E-state index < -0.39 is 0 Å². The standard InChI is InChI=1S/C24H22N2O3/c27-23(19-7-3-1-4-8-19)25-15-17-26(18-16-25)24(28)20-11-13-22(14-12-20)29-21-9-5-2-6-10-21/h1-14H,15-18H2. The Morgan fingerprint density at radius 1 is 0.552 bits per heavy atom. The molecule has 0 spiro atoms. The second-order valence-electron chi connectivity index (χ2n) is 6.89. The van der Waals surface area contributed by atoms with Crippen molar-refractivity contribution < 1.29 is 14.3 Å². The summed E-state index contributed by atoms with van der Waals surface area (Å²) in [5.41, 5.74) is 1.30. The Hall–Kier alpha value is -3.60. The summed E-state index contributed by atoms with van der Waals surface area (Å²) in [6.07, 6.45) is 0. The highest BCUT2D eigenvalue weighted by molar-refractivity contribution is 5.96. The van der Waals surface area contributed by atoms with Gasteiger partial charge in [-0.2, -0.15) is 0 Å². The van der Waals surface area contributed by atoms with E-state index in [0.717, 1.165) is 5.75 Å². The van der Waals surface area contributed by atoms with Crippen LogP contribution in [-0.4, -0.2) is 47.8 Å². The van der Waals surface area contributed by atoms with Gasteiger partial charge in [0.05, 0.1) is 0 Å². The second kappa shape index (κ2) is 8.61. The van der Waals surface area contributed by atoms with Gasteiger partial charge in [-0.3, -0.25) is 9.59 Å². The summed E-state index contributed by atoms with van der Waals surface area (Å²) >= 11 is 0. The molecule has 0 saturated carbocycles. The van der Waals surface area contributed by atoms with Crippen LogP contribution in [0, 0.1) is 0 Å². The first kappa shape index (κ1) is 18.7. The number of para-hydroxylation sites is 1. The summed E-state index contributed by atoms with van der Waals surface area (Å²) < 4.78 is 5.77. The van der Waals surface area contributed by atoms with Crippen molar-refractivity contribution in [3.05, 3.63) is 96.1 Å². The molecule has 0 radical (unpaired) electrons. The maximum atomic E-state index is 12.8. The quantitative estimate of drug-likeness (QED) is 0.679. The minimum atomic E-state index is -0.0249. The Labute approximate surface area is 170 Å². The van der Waals surface area contributed by atoms with Gasteiger partial charge in [-0.15, -0.1) is 0 Å². The monoisotopic (exact) mass is 386 g/mol. The SMILES string of the molecule is O=C(c1ccccc1)N1CCN(C(=O)c2ccc(Oc3ccccc3)cc2)CC1. The van der Waals surface area contributed by atoms with E-state index in [0.29, 0.717) is 43.1 Å². The highest BCUT2D eigenvalue weighted by Crippen LogP contribution is 2.22. The first-order valence-corrected chi connectivity index (χ1v) is 9.67. The number of piperazine rings is 1. The minimum Gasteiger partial charge on any atom is -0.457 e. The molecule has 0 aliphatic carbocycles. The topological polar surface area (TPSA) is 49.9 Å². The fourth-order valence-corrected chi connectivity index (χ4v) is 3.35. The molecule has 0 N–H and O–H groups in total. The highest BCUT2D eigenvalue weighted by atomic mass is 16.5. The first-order valence-electron chi connectivity index (χ1n) is 9.67. The fourth-order valence-electron chi connectivity index (χ4n) is 3.35. The largest absolute Gasteiger partial charge is 0.457 e. The van der Waals surface area contributed by atoms with E-state index in [1.54, 1.807) is 34.1 Å². The summed E-state index contributed by atoms with van der Waals surface area (Å²) in [5, 5.41) is 0. The molecule has 2 amide bonds. The lowest BCUT2D eigenvalue weighted by Gasteiger charge is -2.34. The van der Waals surface area contributed by atoms with E-state index >= 15 is 0 Å². The van der Waals surface area contributed by atoms with Crippen molar-refractivity contribution in [2.24, 2.45) is 0 Å². The summed E-state index contributed by atoms with van der Waals surface area (Å²) in [5.74, 6) is 1.43. The molecule has 0 aromatic heterocycles. The molecule has 1 aliphatic heterocycles. The van der Waals surface area contributed by atoms with Crippen LogP contribution in [0.4, 0.5) is 0 Å². The smallest absolute Gasteiger partial charge is 0.253 e. The lowest BCUT2D eigenvalue weighted by atomic mass is 10.1. The summed E-state index contributed by atoms with van der Waals surface area (Å²) in [6, 6.07) is 25.9. The molecule has 1 aliphatic rings. The molecule has 1 heterocycles. The Balaban J connectivity index is 1.34. The first-order chi connectivity index (χ1) is 14.2. The lowest BCUT2D eigenvalue weighted by molar-refractivity contribution is 0.0535. The van der Waals surface area contributed by atoms with Gasteiger partial charge in [0.25, 0.3) is 11.8 Å². The molecule has 5 heteroatoms. The van der Waals surface area contributed by atoms with Crippen molar-refractivity contribution in [3.8, 4) is 11.5 Å². The molecule has 29 heavy (non-hydrogen) atoms. The van der Waals surface area contributed by atoms with Crippen LogP contribution in [0.25, 0.3) is 0 Å². The van der Waals surface area contributed by atoms with Crippen LogP contribution < -0.4 is 4.74 Å². The number of hydrogen-bond acceptors (Lipinski definition) is 3. The summed E-state index contributed by atoms with van der Waals surface area (Å²) in [6.45, 7) is 2.13. The van der Waals surface area contributed by atoms with Crippen LogP contribution in [0.15, 0.2) is 84.9 Å². The number of rotatable bonds is 4. The van der Waals surface area contributed by atoms with E-state index in [4.69, 9.17) is 4.74 Å². The highest BCUT2D eigenvalue weighted by Gasteiger charge is 2.25. The van der Waals surface area contributed by atoms with Crippen molar-refractivity contribution in [2.45, 2.75) is 0 Å².